The Balaban J connectivity index is 1.74. The lowest BCUT2D eigenvalue weighted by Crippen LogP contribution is -2.32. The Morgan fingerprint density at radius 1 is 1.29 bits per heavy atom. The number of hydrogen-bond donors (Lipinski definition) is 2. The molecule has 1 aromatic rings. The van der Waals surface area contributed by atoms with Gasteiger partial charge in [0.25, 0.3) is 0 Å². The molecule has 0 unspecified atom stereocenters. The molecule has 0 heterocycles. The third-order valence-corrected chi connectivity index (χ3v) is 4.09. The van der Waals surface area contributed by atoms with Crippen LogP contribution in [0.25, 0.3) is 0 Å². The van der Waals surface area contributed by atoms with E-state index in [1.54, 1.807) is 12.1 Å². The predicted molar refractivity (Wildman–Crippen MR) is 84.4 cm³/mol. The molecule has 1 fully saturated rings. The number of carbonyl (C=O) groups is 2. The largest absolute Gasteiger partial charge is 0.355 e. The van der Waals surface area contributed by atoms with Gasteiger partial charge in [0.05, 0.1) is 0 Å². The standard InChI is InChI=1S/C16H21ClN2O2/c1-11-6-7-13(17)10-14(11)19-15(20)8-9-18-16(21)12-4-2-3-5-12/h6-7,10,12H,2-5,8-9H2,1H3,(H,18,21)(H,19,20). The van der Waals surface area contributed by atoms with Gasteiger partial charge >= 0.3 is 0 Å². The van der Waals surface area contributed by atoms with Crippen molar-refractivity contribution < 1.29 is 9.59 Å². The van der Waals surface area contributed by atoms with Crippen molar-refractivity contribution in [3.63, 3.8) is 0 Å². The summed E-state index contributed by atoms with van der Waals surface area (Å²) in [6, 6.07) is 5.38. The second-order valence-corrected chi connectivity index (χ2v) is 5.97. The molecule has 0 aliphatic heterocycles. The Bertz CT molecular complexity index is 525. The zero-order valence-corrected chi connectivity index (χ0v) is 13.0. The number of nitrogens with one attached hydrogen (secondary N) is 2. The van der Waals surface area contributed by atoms with Crippen LogP contribution in [0, 0.1) is 12.8 Å². The summed E-state index contributed by atoms with van der Waals surface area (Å²) in [6.45, 7) is 2.29. The lowest BCUT2D eigenvalue weighted by Gasteiger charge is -2.11. The summed E-state index contributed by atoms with van der Waals surface area (Å²) in [4.78, 5) is 23.7. The highest BCUT2D eigenvalue weighted by Crippen LogP contribution is 2.24. The lowest BCUT2D eigenvalue weighted by atomic mass is 10.1. The predicted octanol–water partition coefficient (Wildman–Crippen LogP) is 3.28. The molecule has 1 aliphatic rings. The number of carbonyl (C=O) groups excluding carboxylic acids is 2. The van der Waals surface area contributed by atoms with Crippen molar-refractivity contribution >= 4 is 29.1 Å². The smallest absolute Gasteiger partial charge is 0.226 e. The van der Waals surface area contributed by atoms with E-state index in [1.807, 2.05) is 13.0 Å². The number of rotatable bonds is 5. The number of halogens is 1. The molecular weight excluding hydrogens is 288 g/mol. The van der Waals surface area contributed by atoms with E-state index in [9.17, 15) is 9.59 Å². The van der Waals surface area contributed by atoms with E-state index in [1.165, 1.54) is 0 Å². The molecule has 4 nitrogen and oxygen atoms in total. The van der Waals surface area contributed by atoms with Crippen molar-refractivity contribution in [2.45, 2.75) is 39.0 Å². The minimum Gasteiger partial charge on any atom is -0.355 e. The van der Waals surface area contributed by atoms with E-state index in [2.05, 4.69) is 10.6 Å². The molecule has 21 heavy (non-hydrogen) atoms. The molecule has 0 saturated heterocycles. The van der Waals surface area contributed by atoms with Crippen LogP contribution >= 0.6 is 11.6 Å². The molecule has 0 atom stereocenters. The molecule has 0 aromatic heterocycles. The van der Waals surface area contributed by atoms with Gasteiger partial charge in [0.2, 0.25) is 11.8 Å². The zero-order chi connectivity index (χ0) is 15.2. The third-order valence-electron chi connectivity index (χ3n) is 3.85. The summed E-state index contributed by atoms with van der Waals surface area (Å²) in [5.41, 5.74) is 1.68. The Morgan fingerprint density at radius 3 is 2.71 bits per heavy atom. The van der Waals surface area contributed by atoms with Crippen LogP contribution in [0.4, 0.5) is 5.69 Å². The molecule has 2 rings (SSSR count). The Labute approximate surface area is 130 Å². The fraction of sp³-hybridized carbons (Fsp3) is 0.500. The molecule has 1 aliphatic carbocycles. The summed E-state index contributed by atoms with van der Waals surface area (Å²) in [6.07, 6.45) is 4.48. The van der Waals surface area contributed by atoms with Crippen LogP contribution in [-0.4, -0.2) is 18.4 Å². The molecular formula is C16H21ClN2O2. The first-order chi connectivity index (χ1) is 10.1. The van der Waals surface area contributed by atoms with Crippen LogP contribution in [0.2, 0.25) is 5.02 Å². The van der Waals surface area contributed by atoms with Gasteiger partial charge in [0.15, 0.2) is 0 Å². The van der Waals surface area contributed by atoms with Crippen LogP contribution in [-0.2, 0) is 9.59 Å². The molecule has 1 aromatic carbocycles. The summed E-state index contributed by atoms with van der Waals surface area (Å²) >= 11 is 5.91. The number of aryl methyl sites for hydroxylation is 1. The Morgan fingerprint density at radius 2 is 2.00 bits per heavy atom. The second kappa shape index (κ2) is 7.46. The average molecular weight is 309 g/mol. The summed E-state index contributed by atoms with van der Waals surface area (Å²) in [5.74, 6) is 0.106. The SMILES string of the molecule is Cc1ccc(Cl)cc1NC(=O)CCNC(=O)C1CCCC1. The average Bonchev–Trinajstić information content (AvgIpc) is 2.97. The molecule has 0 bridgehead atoms. The maximum Gasteiger partial charge on any atom is 0.226 e. The topological polar surface area (TPSA) is 58.2 Å². The molecule has 2 N–H and O–H groups in total. The van der Waals surface area contributed by atoms with E-state index < -0.39 is 0 Å². The van der Waals surface area contributed by atoms with Crippen LogP contribution in [0.3, 0.4) is 0 Å². The fourth-order valence-corrected chi connectivity index (χ4v) is 2.75. The van der Waals surface area contributed by atoms with Crippen molar-refractivity contribution in [2.24, 2.45) is 5.92 Å². The van der Waals surface area contributed by atoms with Gasteiger partial charge in [-0.1, -0.05) is 30.5 Å². The molecule has 5 heteroatoms. The van der Waals surface area contributed by atoms with Crippen molar-refractivity contribution in [1.29, 1.82) is 0 Å². The van der Waals surface area contributed by atoms with E-state index in [0.717, 1.165) is 36.9 Å². The van der Waals surface area contributed by atoms with Crippen LogP contribution in [0.1, 0.15) is 37.7 Å². The van der Waals surface area contributed by atoms with E-state index in [-0.39, 0.29) is 24.2 Å². The first-order valence-corrected chi connectivity index (χ1v) is 7.78. The molecule has 2 amide bonds. The van der Waals surface area contributed by atoms with Gasteiger partial charge in [-0.05, 0) is 37.5 Å². The number of benzene rings is 1. The second-order valence-electron chi connectivity index (χ2n) is 5.53. The normalized spacial score (nSPS) is 15.0. The highest BCUT2D eigenvalue weighted by Gasteiger charge is 2.22. The van der Waals surface area contributed by atoms with Gasteiger partial charge in [0, 0.05) is 29.6 Å². The molecule has 0 radical (unpaired) electrons. The zero-order valence-electron chi connectivity index (χ0n) is 12.2. The summed E-state index contributed by atoms with van der Waals surface area (Å²) in [5, 5.41) is 6.25. The Hall–Kier alpha value is -1.55. The van der Waals surface area contributed by atoms with E-state index >= 15 is 0 Å². The minimum atomic E-state index is -0.118. The van der Waals surface area contributed by atoms with Gasteiger partial charge in [0.1, 0.15) is 0 Å². The lowest BCUT2D eigenvalue weighted by molar-refractivity contribution is -0.124. The minimum absolute atomic E-state index is 0.0826. The molecule has 1 saturated carbocycles. The number of amides is 2. The maximum atomic E-state index is 11.9. The highest BCUT2D eigenvalue weighted by atomic mass is 35.5. The summed E-state index contributed by atoms with van der Waals surface area (Å²) in [7, 11) is 0. The fourth-order valence-electron chi connectivity index (χ4n) is 2.57. The van der Waals surface area contributed by atoms with Gasteiger partial charge in [-0.15, -0.1) is 0 Å². The maximum absolute atomic E-state index is 11.9. The number of hydrogen-bond acceptors (Lipinski definition) is 2. The first kappa shape index (κ1) is 15.8. The van der Waals surface area contributed by atoms with Crippen molar-refractivity contribution in [3.05, 3.63) is 28.8 Å². The van der Waals surface area contributed by atoms with E-state index in [4.69, 9.17) is 11.6 Å². The van der Waals surface area contributed by atoms with Crippen molar-refractivity contribution in [1.82, 2.24) is 5.32 Å². The van der Waals surface area contributed by atoms with E-state index in [0.29, 0.717) is 11.6 Å². The summed E-state index contributed by atoms with van der Waals surface area (Å²) < 4.78 is 0. The van der Waals surface area contributed by atoms with Crippen LogP contribution in [0.15, 0.2) is 18.2 Å². The number of anilines is 1. The van der Waals surface area contributed by atoms with Crippen LogP contribution < -0.4 is 10.6 Å². The highest BCUT2D eigenvalue weighted by molar-refractivity contribution is 6.31. The third kappa shape index (κ3) is 4.74. The van der Waals surface area contributed by atoms with Crippen LogP contribution in [0.5, 0.6) is 0 Å². The van der Waals surface area contributed by atoms with Gasteiger partial charge in [-0.3, -0.25) is 9.59 Å². The van der Waals surface area contributed by atoms with Gasteiger partial charge in [-0.25, -0.2) is 0 Å². The first-order valence-electron chi connectivity index (χ1n) is 7.40. The van der Waals surface area contributed by atoms with Crippen molar-refractivity contribution in [2.75, 3.05) is 11.9 Å². The quantitative estimate of drug-likeness (QED) is 0.877. The Kier molecular flexibility index (Phi) is 5.62. The molecule has 0 spiro atoms. The molecule has 114 valence electrons. The van der Waals surface area contributed by atoms with Gasteiger partial charge in [-0.2, -0.15) is 0 Å². The van der Waals surface area contributed by atoms with Crippen molar-refractivity contribution in [3.8, 4) is 0 Å². The van der Waals surface area contributed by atoms with Gasteiger partial charge < -0.3 is 10.6 Å². The monoisotopic (exact) mass is 308 g/mol.